The van der Waals surface area contributed by atoms with Crippen LogP contribution < -0.4 is 0 Å². The molecule has 0 atom stereocenters. The van der Waals surface area contributed by atoms with Crippen LogP contribution in [-0.4, -0.2) is 15.1 Å². The predicted octanol–water partition coefficient (Wildman–Crippen LogP) is 2.47. The quantitative estimate of drug-likeness (QED) is 0.392. The van der Waals surface area contributed by atoms with Crippen LogP contribution >= 0.6 is 0 Å². The van der Waals surface area contributed by atoms with Gasteiger partial charge in [-0.1, -0.05) is 36.4 Å². The Morgan fingerprint density at radius 2 is 1.13 bits per heavy atom. The molecule has 0 bridgehead atoms. The van der Waals surface area contributed by atoms with Crippen molar-refractivity contribution in [3.05, 3.63) is 54.6 Å². The minimum atomic E-state index is 0. The average molecular weight is 190 g/mol. The normalized spacial score (nSPS) is 10.1. The number of hydrogen-bond donors (Lipinski definition) is 0. The van der Waals surface area contributed by atoms with E-state index < -0.39 is 0 Å². The van der Waals surface area contributed by atoms with Crippen molar-refractivity contribution in [2.75, 3.05) is 0 Å². The third kappa shape index (κ3) is 1.62. The van der Waals surface area contributed by atoms with Gasteiger partial charge < -0.3 is 0 Å². The maximum atomic E-state index is 4.58. The Balaban J connectivity index is 0.000000853. The number of nitrogens with zero attached hydrogens (tertiary/aromatic N) is 1. The van der Waals surface area contributed by atoms with E-state index in [1.165, 1.54) is 10.8 Å². The molecule has 1 nitrogen and oxygen atoms in total. The molecule has 0 N–H and O–H groups in total. The Kier molecular flexibility index (Phi) is 2.49. The summed E-state index contributed by atoms with van der Waals surface area (Å²) in [5.41, 5.74) is 2.12. The molecule has 0 aliphatic heterocycles. The van der Waals surface area contributed by atoms with Gasteiger partial charge in [-0.15, -0.1) is 0 Å². The zero-order chi connectivity index (χ0) is 9.38. The van der Waals surface area contributed by atoms with Crippen LogP contribution in [0.15, 0.2) is 54.6 Å². The molecule has 0 saturated heterocycles. The van der Waals surface area contributed by atoms with Crippen LogP contribution in [0.3, 0.4) is 0 Å². The van der Waals surface area contributed by atoms with Gasteiger partial charge in [0, 0.05) is 10.8 Å². The third-order valence-electron chi connectivity index (χ3n) is 2.43. The van der Waals surface area contributed by atoms with E-state index in [0.29, 0.717) is 0 Å². The van der Waals surface area contributed by atoms with Gasteiger partial charge in [-0.05, 0) is 18.2 Å². The summed E-state index contributed by atoms with van der Waals surface area (Å²) < 4.78 is 0. The molecule has 3 aromatic rings. The van der Waals surface area contributed by atoms with Crippen LogP contribution in [0.4, 0.5) is 0 Å². The number of hydrogen-bond acceptors (Lipinski definition) is 1. The van der Waals surface area contributed by atoms with Crippen LogP contribution in [0.5, 0.6) is 0 Å². The molecule has 15 heavy (non-hydrogen) atoms. The van der Waals surface area contributed by atoms with E-state index in [1.54, 1.807) is 0 Å². The van der Waals surface area contributed by atoms with Crippen molar-refractivity contribution in [1.29, 1.82) is 0 Å². The molecule has 0 spiro atoms. The molecular weight excluding hydrogens is 179 g/mol. The first-order chi connectivity index (χ1) is 6.93. The second kappa shape index (κ2) is 3.80. The van der Waals surface area contributed by atoms with Crippen molar-refractivity contribution in [2.24, 2.45) is 0 Å². The molecule has 1 heterocycles. The van der Waals surface area contributed by atoms with Crippen LogP contribution in [-0.2, 0) is 0 Å². The Bertz CT molecular complexity index is 499. The number of pyridine rings is 1. The van der Waals surface area contributed by atoms with Gasteiger partial charge in [0.25, 0.3) is 0 Å². The maximum Gasteiger partial charge on any atom is 0.0709 e. The van der Waals surface area contributed by atoms with Gasteiger partial charge in [-0.3, -0.25) is 0 Å². The van der Waals surface area contributed by atoms with Gasteiger partial charge in [0.15, 0.2) is 0 Å². The summed E-state index contributed by atoms with van der Waals surface area (Å²) in [5.74, 6) is 0. The standard InChI is InChI=1S/C13H9N.Be.2H/c1-3-7-12-10(5-1)9-11-6-2-4-8-13(11)14-12;;;/h1-9H;;;. The van der Waals surface area contributed by atoms with E-state index in [-0.39, 0.29) is 10.1 Å². The smallest absolute Gasteiger partial charge is 0.0709 e. The monoisotopic (exact) mass is 190 g/mol. The fourth-order valence-corrected chi connectivity index (χ4v) is 1.72. The van der Waals surface area contributed by atoms with E-state index in [1.807, 2.05) is 36.4 Å². The molecule has 0 aliphatic carbocycles. The summed E-state index contributed by atoms with van der Waals surface area (Å²) >= 11 is 0. The largest absolute Gasteiger partial charge is 0.248 e. The Hall–Kier alpha value is -1.72. The summed E-state index contributed by atoms with van der Waals surface area (Å²) in [5, 5.41) is 2.40. The molecule has 70 valence electrons. The number of para-hydroxylation sites is 2. The fourth-order valence-electron chi connectivity index (χ4n) is 1.72. The first-order valence-electron chi connectivity index (χ1n) is 4.68. The summed E-state index contributed by atoms with van der Waals surface area (Å²) in [6.07, 6.45) is 0. The number of aromatic nitrogens is 1. The molecule has 0 unspecified atom stereocenters. The van der Waals surface area contributed by atoms with E-state index in [2.05, 4.69) is 23.2 Å². The average Bonchev–Trinajstić information content (AvgIpc) is 2.26. The fraction of sp³-hybridized carbons (Fsp3) is 0. The molecule has 0 aliphatic rings. The van der Waals surface area contributed by atoms with Crippen molar-refractivity contribution in [2.45, 2.75) is 0 Å². The molecule has 1 aromatic heterocycles. The van der Waals surface area contributed by atoms with Crippen molar-refractivity contribution < 1.29 is 0 Å². The third-order valence-corrected chi connectivity index (χ3v) is 2.43. The summed E-state index contributed by atoms with van der Waals surface area (Å²) in [4.78, 5) is 4.58. The zero-order valence-electron chi connectivity index (χ0n) is 7.64. The van der Waals surface area contributed by atoms with Gasteiger partial charge >= 0.3 is 10.1 Å². The SMILES string of the molecule is [BeH2].c1ccc2nc3ccccc3cc2c1. The number of rotatable bonds is 0. The minimum absolute atomic E-state index is 0. The van der Waals surface area contributed by atoms with Crippen LogP contribution in [0.25, 0.3) is 21.8 Å². The van der Waals surface area contributed by atoms with Gasteiger partial charge in [0.05, 0.1) is 11.0 Å². The van der Waals surface area contributed by atoms with Crippen molar-refractivity contribution in [3.63, 3.8) is 0 Å². The molecule has 3 rings (SSSR count). The van der Waals surface area contributed by atoms with Crippen LogP contribution in [0.1, 0.15) is 0 Å². The Morgan fingerprint density at radius 1 is 0.667 bits per heavy atom. The molecule has 0 fully saturated rings. The second-order valence-corrected chi connectivity index (χ2v) is 3.37. The van der Waals surface area contributed by atoms with Gasteiger partial charge in [0.1, 0.15) is 0 Å². The molecule has 0 saturated carbocycles. The van der Waals surface area contributed by atoms with Gasteiger partial charge in [-0.25, -0.2) is 4.98 Å². The molecule has 0 radical (unpaired) electrons. The molecule has 0 amide bonds. The second-order valence-electron chi connectivity index (χ2n) is 3.37. The zero-order valence-corrected chi connectivity index (χ0v) is 7.64. The number of benzene rings is 2. The Labute approximate surface area is 92.0 Å². The van der Waals surface area contributed by atoms with E-state index >= 15 is 0 Å². The van der Waals surface area contributed by atoms with E-state index in [9.17, 15) is 0 Å². The van der Waals surface area contributed by atoms with Crippen LogP contribution in [0, 0.1) is 0 Å². The molecule has 2 heteroatoms. The molecule has 2 aromatic carbocycles. The van der Waals surface area contributed by atoms with Gasteiger partial charge in [0.2, 0.25) is 0 Å². The Morgan fingerprint density at radius 3 is 1.67 bits per heavy atom. The van der Waals surface area contributed by atoms with Gasteiger partial charge in [-0.2, -0.15) is 0 Å². The topological polar surface area (TPSA) is 12.9 Å². The van der Waals surface area contributed by atoms with Crippen LogP contribution in [0.2, 0.25) is 0 Å². The molecular formula is C13H11BeN. The summed E-state index contributed by atoms with van der Waals surface area (Å²) in [7, 11) is 0. The predicted molar refractivity (Wildman–Crippen MR) is 67.8 cm³/mol. The maximum absolute atomic E-state index is 4.58. The van der Waals surface area contributed by atoms with E-state index in [4.69, 9.17) is 0 Å². The van der Waals surface area contributed by atoms with Crippen molar-refractivity contribution >= 4 is 31.9 Å². The first-order valence-corrected chi connectivity index (χ1v) is 4.68. The van der Waals surface area contributed by atoms with Crippen molar-refractivity contribution in [3.8, 4) is 0 Å². The summed E-state index contributed by atoms with van der Waals surface area (Å²) in [6.45, 7) is 0. The number of fused-ring (bicyclic) bond motifs is 2. The first kappa shape index (κ1) is 9.82. The summed E-state index contributed by atoms with van der Waals surface area (Å²) in [6, 6.07) is 18.6. The van der Waals surface area contributed by atoms with E-state index in [0.717, 1.165) is 11.0 Å². The minimum Gasteiger partial charge on any atom is -0.248 e. The van der Waals surface area contributed by atoms with Crippen molar-refractivity contribution in [1.82, 2.24) is 4.98 Å².